The number of carbonyl (C=O) groups excluding carboxylic acids is 3. The smallest absolute Gasteiger partial charge is 0.272 e. The zero-order valence-corrected chi connectivity index (χ0v) is 29.0. The highest BCUT2D eigenvalue weighted by Crippen LogP contribution is 2.39. The summed E-state index contributed by atoms with van der Waals surface area (Å²) in [5.74, 6) is -0.0203. The van der Waals surface area contributed by atoms with Crippen LogP contribution in [0, 0.1) is 0 Å². The van der Waals surface area contributed by atoms with Gasteiger partial charge in [-0.1, -0.05) is 54.1 Å². The van der Waals surface area contributed by atoms with Crippen LogP contribution in [0.25, 0.3) is 17.3 Å². The molecular weight excluding hydrogens is 684 g/mol. The normalized spacial score (nSPS) is 11.0. The van der Waals surface area contributed by atoms with Crippen molar-refractivity contribution in [2.45, 2.75) is 4.90 Å². The first kappa shape index (κ1) is 35.0. The molecule has 0 radical (unpaired) electrons. The lowest BCUT2D eigenvalue weighted by molar-refractivity contribution is -0.114. The molecule has 10 nitrogen and oxygen atoms in total. The fourth-order valence-corrected chi connectivity index (χ4v) is 6.30. The van der Waals surface area contributed by atoms with Crippen LogP contribution in [0.4, 0.5) is 10.8 Å². The van der Waals surface area contributed by atoms with Gasteiger partial charge in [0.1, 0.15) is 5.70 Å². The van der Waals surface area contributed by atoms with Crippen LogP contribution in [0.3, 0.4) is 0 Å². The highest BCUT2D eigenvalue weighted by molar-refractivity contribution is 8.00. The molecule has 0 unspecified atom stereocenters. The van der Waals surface area contributed by atoms with Crippen molar-refractivity contribution in [2.24, 2.45) is 0 Å². The largest absolute Gasteiger partial charge is 0.493 e. The summed E-state index contributed by atoms with van der Waals surface area (Å²) in [6.45, 7) is 0. The molecule has 5 rings (SSSR count). The van der Waals surface area contributed by atoms with Crippen molar-refractivity contribution >= 4 is 69.3 Å². The zero-order chi connectivity index (χ0) is 34.8. The van der Waals surface area contributed by atoms with Crippen LogP contribution in [0.1, 0.15) is 15.9 Å². The lowest BCUT2D eigenvalue weighted by Crippen LogP contribution is -2.30. The van der Waals surface area contributed by atoms with Crippen molar-refractivity contribution in [2.75, 3.05) is 37.7 Å². The summed E-state index contributed by atoms with van der Waals surface area (Å²) in [6, 6.07) is 26.3. The monoisotopic (exact) mass is 714 g/mol. The van der Waals surface area contributed by atoms with Gasteiger partial charge in [0.15, 0.2) is 16.6 Å². The molecule has 1 heterocycles. The van der Waals surface area contributed by atoms with E-state index in [4.69, 9.17) is 25.8 Å². The number of methoxy groups -OCH3 is 3. The molecule has 0 fully saturated rings. The van der Waals surface area contributed by atoms with Crippen molar-refractivity contribution in [3.63, 3.8) is 0 Å². The molecule has 13 heteroatoms. The number of thioether (sulfide) groups is 1. The topological polar surface area (TPSA) is 128 Å². The predicted octanol–water partition coefficient (Wildman–Crippen LogP) is 7.63. The standard InChI is InChI=1S/C36H31ClN4O6S2/c1-45-30-17-22(18-31(46-2)33(30)47-3)16-28(39-34(43)23-10-5-4-6-11-23)35(44)38-24-12-9-13-25(19-24)48-21-32(42)41-36-40-29(20-49-36)26-14-7-8-15-27(26)37/h4-20H,21H2,1-3H3,(H,38,44)(H,39,43)(H,40,41,42)/b28-16+. The van der Waals surface area contributed by atoms with Crippen LogP contribution < -0.4 is 30.2 Å². The van der Waals surface area contributed by atoms with E-state index >= 15 is 0 Å². The molecule has 0 bridgehead atoms. The highest BCUT2D eigenvalue weighted by atomic mass is 35.5. The number of hydrogen-bond donors (Lipinski definition) is 3. The predicted molar refractivity (Wildman–Crippen MR) is 195 cm³/mol. The van der Waals surface area contributed by atoms with E-state index < -0.39 is 11.8 Å². The number of benzene rings is 4. The van der Waals surface area contributed by atoms with E-state index in [1.54, 1.807) is 66.7 Å². The second-order valence-corrected chi connectivity index (χ2v) is 12.5. The van der Waals surface area contributed by atoms with Gasteiger partial charge in [-0.05, 0) is 60.2 Å². The molecule has 0 saturated heterocycles. The second-order valence-electron chi connectivity index (χ2n) is 10.2. The highest BCUT2D eigenvalue weighted by Gasteiger charge is 2.18. The number of ether oxygens (including phenoxy) is 3. The molecule has 0 aliphatic heterocycles. The third-order valence-electron chi connectivity index (χ3n) is 6.89. The minimum atomic E-state index is -0.573. The van der Waals surface area contributed by atoms with E-state index in [9.17, 15) is 14.4 Å². The van der Waals surface area contributed by atoms with Crippen LogP contribution in [0.15, 0.2) is 107 Å². The van der Waals surface area contributed by atoms with E-state index in [1.807, 2.05) is 29.6 Å². The van der Waals surface area contributed by atoms with Crippen LogP contribution in [0.2, 0.25) is 5.02 Å². The number of amides is 3. The summed E-state index contributed by atoms with van der Waals surface area (Å²) in [4.78, 5) is 44.7. The third kappa shape index (κ3) is 9.20. The molecule has 0 aliphatic rings. The van der Waals surface area contributed by atoms with Crippen molar-refractivity contribution < 1.29 is 28.6 Å². The maximum atomic E-state index is 13.7. The molecule has 1 aromatic heterocycles. The molecule has 0 spiro atoms. The van der Waals surface area contributed by atoms with Gasteiger partial charge in [-0.2, -0.15) is 0 Å². The number of nitrogens with one attached hydrogen (secondary N) is 3. The van der Waals surface area contributed by atoms with Crippen LogP contribution >= 0.6 is 34.7 Å². The maximum Gasteiger partial charge on any atom is 0.272 e. The van der Waals surface area contributed by atoms with E-state index in [1.165, 1.54) is 50.5 Å². The first-order valence-corrected chi connectivity index (χ1v) is 16.9. The molecule has 5 aromatic rings. The third-order valence-corrected chi connectivity index (χ3v) is 8.97. The van der Waals surface area contributed by atoms with E-state index in [2.05, 4.69) is 20.9 Å². The molecule has 49 heavy (non-hydrogen) atoms. The Bertz CT molecular complexity index is 1980. The van der Waals surface area contributed by atoms with E-state index in [0.29, 0.717) is 49.9 Å². The van der Waals surface area contributed by atoms with Crippen LogP contribution in [0.5, 0.6) is 17.2 Å². The minimum absolute atomic E-state index is 0.0276. The number of rotatable bonds is 13. The number of halogens is 1. The fraction of sp³-hybridized carbons (Fsp3) is 0.111. The molecule has 250 valence electrons. The van der Waals surface area contributed by atoms with Gasteiger partial charge in [-0.3, -0.25) is 14.4 Å². The summed E-state index contributed by atoms with van der Waals surface area (Å²) < 4.78 is 16.3. The first-order valence-electron chi connectivity index (χ1n) is 14.7. The molecule has 0 atom stereocenters. The van der Waals surface area contributed by atoms with Crippen molar-refractivity contribution in [3.05, 3.63) is 118 Å². The van der Waals surface area contributed by atoms with Gasteiger partial charge in [-0.25, -0.2) is 4.98 Å². The Morgan fingerprint density at radius 1 is 0.857 bits per heavy atom. The van der Waals surface area contributed by atoms with E-state index in [-0.39, 0.29) is 17.4 Å². The Morgan fingerprint density at radius 2 is 1.57 bits per heavy atom. The molecule has 0 aliphatic carbocycles. The van der Waals surface area contributed by atoms with Crippen LogP contribution in [-0.4, -0.2) is 49.8 Å². The summed E-state index contributed by atoms with van der Waals surface area (Å²) >= 11 is 8.89. The SMILES string of the molecule is COc1cc(/C=C(/NC(=O)c2ccccc2)C(=O)Nc2cccc(SCC(=O)Nc3nc(-c4ccccc4Cl)cs3)c2)cc(OC)c1OC. The van der Waals surface area contributed by atoms with Gasteiger partial charge < -0.3 is 30.2 Å². The zero-order valence-electron chi connectivity index (χ0n) is 26.6. The lowest BCUT2D eigenvalue weighted by Gasteiger charge is -2.15. The van der Waals surface area contributed by atoms with Gasteiger partial charge in [0, 0.05) is 32.1 Å². The molecule has 3 amide bonds. The van der Waals surface area contributed by atoms with Gasteiger partial charge >= 0.3 is 0 Å². The Balaban J connectivity index is 1.29. The molecule has 0 saturated carbocycles. The van der Waals surface area contributed by atoms with Crippen molar-refractivity contribution in [1.29, 1.82) is 0 Å². The molecule has 4 aromatic carbocycles. The second kappa shape index (κ2) is 16.7. The average molecular weight is 715 g/mol. The van der Waals surface area contributed by atoms with Gasteiger partial charge in [-0.15, -0.1) is 23.1 Å². The number of hydrogen-bond acceptors (Lipinski definition) is 9. The Labute approximate surface area is 296 Å². The Kier molecular flexibility index (Phi) is 11.9. The number of aromatic nitrogens is 1. The summed E-state index contributed by atoms with van der Waals surface area (Å²) in [5, 5.41) is 11.3. The lowest BCUT2D eigenvalue weighted by atomic mass is 10.1. The average Bonchev–Trinajstić information content (AvgIpc) is 3.58. The van der Waals surface area contributed by atoms with Gasteiger partial charge in [0.2, 0.25) is 11.7 Å². The number of thiazole rings is 1. The fourth-order valence-electron chi connectivity index (χ4n) is 4.58. The Hall–Kier alpha value is -5.30. The number of carbonyl (C=O) groups is 3. The van der Waals surface area contributed by atoms with E-state index in [0.717, 1.165) is 10.5 Å². The van der Waals surface area contributed by atoms with Crippen molar-refractivity contribution in [1.82, 2.24) is 10.3 Å². The summed E-state index contributed by atoms with van der Waals surface area (Å²) in [6.07, 6.45) is 1.51. The number of anilines is 2. The minimum Gasteiger partial charge on any atom is -0.493 e. The Morgan fingerprint density at radius 3 is 2.27 bits per heavy atom. The maximum absolute atomic E-state index is 13.7. The van der Waals surface area contributed by atoms with Crippen LogP contribution in [-0.2, 0) is 9.59 Å². The molecular formula is C36H31ClN4O6S2. The first-order chi connectivity index (χ1) is 23.8. The molecule has 3 N–H and O–H groups in total. The van der Waals surface area contributed by atoms with Gasteiger partial charge in [0.25, 0.3) is 11.8 Å². The van der Waals surface area contributed by atoms with Crippen molar-refractivity contribution in [3.8, 4) is 28.5 Å². The van der Waals surface area contributed by atoms with Gasteiger partial charge in [0.05, 0.1) is 32.8 Å². The summed E-state index contributed by atoms with van der Waals surface area (Å²) in [5.41, 5.74) is 2.80. The quantitative estimate of drug-likeness (QED) is 0.0840. The number of nitrogens with zero attached hydrogens (tertiary/aromatic N) is 1. The summed E-state index contributed by atoms with van der Waals surface area (Å²) in [7, 11) is 4.47.